The number of para-hydroxylation sites is 1. The molecule has 2 heterocycles. The summed E-state index contributed by atoms with van der Waals surface area (Å²) in [5.41, 5.74) is 7.57. The first kappa shape index (κ1) is 19.6. The van der Waals surface area contributed by atoms with E-state index in [-0.39, 0.29) is 17.7 Å². The molecule has 0 bridgehead atoms. The number of hydrogen-bond donors (Lipinski definition) is 2. The van der Waals surface area contributed by atoms with Crippen LogP contribution >= 0.6 is 11.8 Å². The number of amides is 2. The van der Waals surface area contributed by atoms with Crippen LogP contribution in [0.25, 0.3) is 0 Å². The minimum absolute atomic E-state index is 0.0822. The standard InChI is InChI=1S/C22H25N3O3S/c23-21(26)16-4-3-11-25(13-16)17-9-7-15(8-10-17)12-24-22(27)19-14-29-20-6-2-1-5-18(20)28-19/h1-2,5-10,16,19H,3-4,11-14H2,(H2,23,26)(H,24,27). The normalized spacial score (nSPS) is 21.0. The Labute approximate surface area is 174 Å². The molecular weight excluding hydrogens is 386 g/mol. The average molecular weight is 412 g/mol. The van der Waals surface area contributed by atoms with E-state index in [1.54, 1.807) is 11.8 Å². The van der Waals surface area contributed by atoms with Crippen molar-refractivity contribution in [3.63, 3.8) is 0 Å². The number of anilines is 1. The van der Waals surface area contributed by atoms with E-state index in [9.17, 15) is 9.59 Å². The summed E-state index contributed by atoms with van der Waals surface area (Å²) in [5, 5.41) is 2.97. The van der Waals surface area contributed by atoms with Crippen molar-refractivity contribution in [3.8, 4) is 5.75 Å². The molecule has 2 aromatic rings. The Kier molecular flexibility index (Phi) is 5.94. The Morgan fingerprint density at radius 3 is 2.76 bits per heavy atom. The van der Waals surface area contributed by atoms with Crippen molar-refractivity contribution in [1.29, 1.82) is 0 Å². The molecule has 6 nitrogen and oxygen atoms in total. The van der Waals surface area contributed by atoms with Crippen LogP contribution in [0.2, 0.25) is 0 Å². The van der Waals surface area contributed by atoms with Crippen molar-refractivity contribution in [2.24, 2.45) is 11.7 Å². The number of fused-ring (bicyclic) bond motifs is 1. The Hall–Kier alpha value is -2.67. The summed E-state index contributed by atoms with van der Waals surface area (Å²) in [4.78, 5) is 27.2. The number of hydrogen-bond acceptors (Lipinski definition) is 5. The van der Waals surface area contributed by atoms with E-state index in [1.807, 2.05) is 48.5 Å². The maximum Gasteiger partial charge on any atom is 0.262 e. The predicted molar refractivity (Wildman–Crippen MR) is 114 cm³/mol. The molecule has 2 unspecified atom stereocenters. The van der Waals surface area contributed by atoms with Crippen molar-refractivity contribution in [2.75, 3.05) is 23.7 Å². The van der Waals surface area contributed by atoms with Gasteiger partial charge in [0.2, 0.25) is 5.91 Å². The van der Waals surface area contributed by atoms with E-state index in [4.69, 9.17) is 10.5 Å². The second-order valence-electron chi connectivity index (χ2n) is 7.44. The van der Waals surface area contributed by atoms with Gasteiger partial charge in [-0.15, -0.1) is 11.8 Å². The van der Waals surface area contributed by atoms with Gasteiger partial charge in [-0.25, -0.2) is 0 Å². The van der Waals surface area contributed by atoms with Gasteiger partial charge in [0.25, 0.3) is 5.91 Å². The third-order valence-electron chi connectivity index (χ3n) is 5.39. The van der Waals surface area contributed by atoms with Gasteiger partial charge in [-0.1, -0.05) is 24.3 Å². The van der Waals surface area contributed by atoms with Gasteiger partial charge in [-0.05, 0) is 42.7 Å². The molecule has 0 radical (unpaired) electrons. The summed E-state index contributed by atoms with van der Waals surface area (Å²) >= 11 is 1.64. The van der Waals surface area contributed by atoms with Gasteiger partial charge >= 0.3 is 0 Å². The number of nitrogens with two attached hydrogens (primary N) is 1. The number of nitrogens with one attached hydrogen (secondary N) is 1. The van der Waals surface area contributed by atoms with Crippen molar-refractivity contribution in [2.45, 2.75) is 30.4 Å². The molecule has 2 aromatic carbocycles. The first-order chi connectivity index (χ1) is 14.1. The van der Waals surface area contributed by atoms with Gasteiger partial charge in [0.15, 0.2) is 6.10 Å². The molecule has 152 valence electrons. The molecule has 0 saturated carbocycles. The molecule has 1 fully saturated rings. The Balaban J connectivity index is 1.30. The van der Waals surface area contributed by atoms with Crippen molar-refractivity contribution >= 4 is 29.3 Å². The molecule has 4 rings (SSSR count). The number of rotatable bonds is 5. The lowest BCUT2D eigenvalue weighted by molar-refractivity contribution is -0.127. The minimum Gasteiger partial charge on any atom is -0.479 e. The number of carbonyl (C=O) groups excluding carboxylic acids is 2. The van der Waals surface area contributed by atoms with E-state index in [2.05, 4.69) is 10.2 Å². The number of benzene rings is 2. The van der Waals surface area contributed by atoms with Crippen molar-refractivity contribution in [3.05, 3.63) is 54.1 Å². The SMILES string of the molecule is NC(=O)C1CCCN(c2ccc(CNC(=O)C3CSc4ccccc4O3)cc2)C1. The summed E-state index contributed by atoms with van der Waals surface area (Å²) < 4.78 is 5.83. The molecule has 2 amide bonds. The lowest BCUT2D eigenvalue weighted by Crippen LogP contribution is -2.41. The van der Waals surface area contributed by atoms with E-state index in [0.29, 0.717) is 18.8 Å². The predicted octanol–water partition coefficient (Wildman–Crippen LogP) is 2.56. The first-order valence-electron chi connectivity index (χ1n) is 9.89. The Morgan fingerprint density at radius 2 is 1.97 bits per heavy atom. The number of nitrogens with zero attached hydrogens (tertiary/aromatic N) is 1. The zero-order valence-corrected chi connectivity index (χ0v) is 17.0. The second-order valence-corrected chi connectivity index (χ2v) is 8.50. The van der Waals surface area contributed by atoms with Gasteiger partial charge in [-0.3, -0.25) is 9.59 Å². The Morgan fingerprint density at radius 1 is 1.17 bits per heavy atom. The lowest BCUT2D eigenvalue weighted by atomic mass is 9.97. The van der Waals surface area contributed by atoms with Gasteiger partial charge in [0, 0.05) is 36.0 Å². The smallest absolute Gasteiger partial charge is 0.262 e. The third kappa shape index (κ3) is 4.67. The van der Waals surface area contributed by atoms with E-state index >= 15 is 0 Å². The zero-order valence-electron chi connectivity index (χ0n) is 16.2. The molecule has 3 N–H and O–H groups in total. The van der Waals surface area contributed by atoms with Crippen molar-refractivity contribution < 1.29 is 14.3 Å². The lowest BCUT2D eigenvalue weighted by Gasteiger charge is -2.33. The summed E-state index contributed by atoms with van der Waals surface area (Å²) in [7, 11) is 0. The monoisotopic (exact) mass is 411 g/mol. The summed E-state index contributed by atoms with van der Waals surface area (Å²) in [6, 6.07) is 15.9. The highest BCUT2D eigenvalue weighted by Crippen LogP contribution is 2.34. The number of thioether (sulfide) groups is 1. The quantitative estimate of drug-likeness (QED) is 0.790. The number of ether oxygens (including phenoxy) is 1. The number of piperidine rings is 1. The first-order valence-corrected chi connectivity index (χ1v) is 10.9. The van der Waals surface area contributed by atoms with Crippen LogP contribution in [0.3, 0.4) is 0 Å². The largest absolute Gasteiger partial charge is 0.479 e. The average Bonchev–Trinajstić information content (AvgIpc) is 2.77. The summed E-state index contributed by atoms with van der Waals surface area (Å²) in [6.07, 6.45) is 1.35. The molecule has 1 saturated heterocycles. The zero-order chi connectivity index (χ0) is 20.2. The van der Waals surface area contributed by atoms with Gasteiger partial charge in [-0.2, -0.15) is 0 Å². The minimum atomic E-state index is -0.478. The van der Waals surface area contributed by atoms with Crippen LogP contribution in [0.1, 0.15) is 18.4 Å². The van der Waals surface area contributed by atoms with Gasteiger partial charge in [0.05, 0.1) is 5.92 Å². The summed E-state index contributed by atoms with van der Waals surface area (Å²) in [5.74, 6) is 0.971. The van der Waals surface area contributed by atoms with Crippen LogP contribution < -0.4 is 20.7 Å². The second kappa shape index (κ2) is 8.78. The maximum absolute atomic E-state index is 12.5. The molecular formula is C22H25N3O3S. The number of primary amides is 1. The molecule has 0 aliphatic carbocycles. The van der Waals surface area contributed by atoms with E-state index < -0.39 is 6.10 Å². The molecule has 2 aliphatic rings. The van der Waals surface area contributed by atoms with E-state index in [0.717, 1.165) is 41.3 Å². The van der Waals surface area contributed by atoms with Crippen molar-refractivity contribution in [1.82, 2.24) is 5.32 Å². The van der Waals surface area contributed by atoms with Crippen LogP contribution in [0, 0.1) is 5.92 Å². The highest BCUT2D eigenvalue weighted by Gasteiger charge is 2.26. The number of carbonyl (C=O) groups is 2. The van der Waals surface area contributed by atoms with Crippen LogP contribution in [0.15, 0.2) is 53.4 Å². The molecule has 29 heavy (non-hydrogen) atoms. The fourth-order valence-electron chi connectivity index (χ4n) is 3.72. The Bertz CT molecular complexity index is 887. The molecule has 0 spiro atoms. The van der Waals surface area contributed by atoms with Gasteiger partial charge in [0.1, 0.15) is 5.75 Å². The van der Waals surface area contributed by atoms with Gasteiger partial charge < -0.3 is 20.7 Å². The van der Waals surface area contributed by atoms with Crippen LogP contribution in [0.5, 0.6) is 5.75 Å². The molecule has 2 aliphatic heterocycles. The highest BCUT2D eigenvalue weighted by atomic mass is 32.2. The molecule has 0 aromatic heterocycles. The summed E-state index contributed by atoms with van der Waals surface area (Å²) in [6.45, 7) is 2.05. The molecule has 7 heteroatoms. The van der Waals surface area contributed by atoms with Crippen LogP contribution in [0.4, 0.5) is 5.69 Å². The highest BCUT2D eigenvalue weighted by molar-refractivity contribution is 7.99. The maximum atomic E-state index is 12.5. The fourth-order valence-corrected chi connectivity index (χ4v) is 4.70. The van der Waals surface area contributed by atoms with Crippen LogP contribution in [-0.4, -0.2) is 36.8 Å². The molecule has 2 atom stereocenters. The van der Waals surface area contributed by atoms with Crippen LogP contribution in [-0.2, 0) is 16.1 Å². The fraction of sp³-hybridized carbons (Fsp3) is 0.364. The topological polar surface area (TPSA) is 84.7 Å². The third-order valence-corrected chi connectivity index (χ3v) is 6.51. The van der Waals surface area contributed by atoms with E-state index in [1.165, 1.54) is 0 Å².